The van der Waals surface area contributed by atoms with Crippen molar-refractivity contribution >= 4 is 11.3 Å². The average Bonchev–Trinajstić information content (AvgIpc) is 2.74. The first-order valence-electron chi connectivity index (χ1n) is 5.73. The molecule has 0 bridgehead atoms. The number of halogens is 3. The maximum atomic E-state index is 12.9. The lowest BCUT2D eigenvalue weighted by atomic mass is 9.94. The van der Waals surface area contributed by atoms with Gasteiger partial charge in [0.05, 0.1) is 10.7 Å². The van der Waals surface area contributed by atoms with Crippen LogP contribution in [0.4, 0.5) is 13.2 Å². The Hall–Kier alpha value is -1.49. The Labute approximate surface area is 114 Å². The van der Waals surface area contributed by atoms with E-state index in [4.69, 9.17) is 0 Å². The van der Waals surface area contributed by atoms with Crippen molar-refractivity contribution in [3.63, 3.8) is 0 Å². The maximum Gasteiger partial charge on any atom is 0.370 e. The molecular weight excluding hydrogens is 271 g/mol. The van der Waals surface area contributed by atoms with Gasteiger partial charge in [-0.05, 0) is 12.5 Å². The van der Waals surface area contributed by atoms with E-state index in [1.807, 2.05) is 12.3 Å². The summed E-state index contributed by atoms with van der Waals surface area (Å²) in [6.45, 7) is 5.23. The van der Waals surface area contributed by atoms with Crippen LogP contribution in [0, 0.1) is 12.8 Å². The van der Waals surface area contributed by atoms with E-state index in [-0.39, 0.29) is 5.56 Å². The first-order valence-corrected chi connectivity index (χ1v) is 6.61. The molecule has 0 saturated carbocycles. The molecule has 1 aromatic heterocycles. The molecule has 0 unspecified atom stereocenters. The van der Waals surface area contributed by atoms with Gasteiger partial charge in [0, 0.05) is 5.38 Å². The minimum atomic E-state index is -4.33. The Morgan fingerprint density at radius 3 is 2.37 bits per heavy atom. The number of aromatic nitrogens is 1. The Morgan fingerprint density at radius 2 is 1.89 bits per heavy atom. The van der Waals surface area contributed by atoms with Crippen LogP contribution in [0.3, 0.4) is 0 Å². The van der Waals surface area contributed by atoms with Crippen molar-refractivity contribution in [2.45, 2.75) is 26.9 Å². The van der Waals surface area contributed by atoms with Gasteiger partial charge in [-0.2, -0.15) is 30.7 Å². The van der Waals surface area contributed by atoms with E-state index in [2.05, 4.69) is 4.98 Å². The topological polar surface area (TPSA) is 12.9 Å². The number of alkyl halides is 3. The molecule has 5 heteroatoms. The molecule has 0 spiro atoms. The highest BCUT2D eigenvalue weighted by atomic mass is 32.1. The minimum Gasteiger partial charge on any atom is -0.243 e. The minimum absolute atomic E-state index is 0.232. The molecule has 0 N–H and O–H groups in total. The predicted octanol–water partition coefficient (Wildman–Crippen LogP) is 5.10. The molecule has 0 fully saturated rings. The van der Waals surface area contributed by atoms with Gasteiger partial charge in [0.2, 0.25) is 0 Å². The number of nitrogens with zero attached hydrogens (tertiary/aromatic N) is 1. The van der Waals surface area contributed by atoms with E-state index in [9.17, 15) is 13.2 Å². The zero-order chi connectivity index (χ0) is 14.2. The monoisotopic (exact) mass is 284 g/mol. The zero-order valence-corrected chi connectivity index (χ0v) is 11.6. The quantitative estimate of drug-likeness (QED) is 0.699. The van der Waals surface area contributed by atoms with E-state index in [0.717, 1.165) is 16.8 Å². The highest BCUT2D eigenvalue weighted by Crippen LogP contribution is 2.37. The van der Waals surface area contributed by atoms with Crippen LogP contribution in [0.1, 0.15) is 30.0 Å². The second-order valence-electron chi connectivity index (χ2n) is 4.51. The van der Waals surface area contributed by atoms with Crippen molar-refractivity contribution in [1.82, 2.24) is 4.98 Å². The molecule has 2 rings (SSSR count). The fraction of sp³-hybridized carbons (Fsp3) is 0.286. The standard InChI is InChI=1S/C14H13F3NS/c1-8(2)11-6-10(13-7-19-9(3)18-13)4-5-12(11)14(15,16)17/h4-7H,1-3H3/q-1. The third-order valence-corrected chi connectivity index (χ3v) is 3.55. The van der Waals surface area contributed by atoms with Crippen LogP contribution in [0.2, 0.25) is 0 Å². The van der Waals surface area contributed by atoms with Gasteiger partial charge in [0.1, 0.15) is 0 Å². The van der Waals surface area contributed by atoms with Crippen LogP contribution in [-0.4, -0.2) is 4.98 Å². The SMILES string of the molecule is Cc1nc(-c2ccc(C(F)(F)F)c([C-](C)C)c2)cs1. The summed E-state index contributed by atoms with van der Waals surface area (Å²) in [4.78, 5) is 4.30. The van der Waals surface area contributed by atoms with E-state index in [1.54, 1.807) is 19.9 Å². The summed E-state index contributed by atoms with van der Waals surface area (Å²) < 4.78 is 38.8. The second-order valence-corrected chi connectivity index (χ2v) is 5.57. The molecule has 2 aromatic rings. The lowest BCUT2D eigenvalue weighted by Gasteiger charge is -2.25. The number of hydrogen-bond donors (Lipinski definition) is 0. The summed E-state index contributed by atoms with van der Waals surface area (Å²) in [5.41, 5.74) is 1.08. The molecule has 0 aliphatic heterocycles. The van der Waals surface area contributed by atoms with Gasteiger partial charge in [-0.1, -0.05) is 25.5 Å². The summed E-state index contributed by atoms with van der Waals surface area (Å²) >= 11 is 1.48. The van der Waals surface area contributed by atoms with Crippen molar-refractivity contribution in [2.75, 3.05) is 0 Å². The van der Waals surface area contributed by atoms with Crippen molar-refractivity contribution in [1.29, 1.82) is 0 Å². The van der Waals surface area contributed by atoms with Crippen molar-refractivity contribution in [3.8, 4) is 11.3 Å². The van der Waals surface area contributed by atoms with Gasteiger partial charge < -0.3 is 0 Å². The van der Waals surface area contributed by atoms with Gasteiger partial charge in [-0.25, -0.2) is 4.98 Å². The first-order chi connectivity index (χ1) is 8.79. The molecule has 0 atom stereocenters. The molecule has 0 radical (unpaired) electrons. The summed E-state index contributed by atoms with van der Waals surface area (Å²) in [7, 11) is 0. The molecule has 0 aliphatic rings. The number of benzene rings is 1. The predicted molar refractivity (Wildman–Crippen MR) is 71.0 cm³/mol. The van der Waals surface area contributed by atoms with Crippen LogP contribution in [-0.2, 0) is 6.18 Å². The largest absolute Gasteiger partial charge is 0.370 e. The highest BCUT2D eigenvalue weighted by Gasteiger charge is 2.27. The number of aryl methyl sites for hydroxylation is 1. The molecule has 0 amide bonds. The maximum absolute atomic E-state index is 12.9. The lowest BCUT2D eigenvalue weighted by Crippen LogP contribution is -2.10. The first kappa shape index (κ1) is 13.9. The van der Waals surface area contributed by atoms with Crippen LogP contribution in [0.25, 0.3) is 11.3 Å². The van der Waals surface area contributed by atoms with Gasteiger partial charge in [0.25, 0.3) is 0 Å². The van der Waals surface area contributed by atoms with Gasteiger partial charge >= 0.3 is 6.18 Å². The molecule has 1 nitrogen and oxygen atoms in total. The Bertz CT molecular complexity index is 585. The van der Waals surface area contributed by atoms with E-state index in [0.29, 0.717) is 11.5 Å². The molecular formula is C14H13F3NS-. The van der Waals surface area contributed by atoms with Crippen molar-refractivity contribution in [2.24, 2.45) is 0 Å². The van der Waals surface area contributed by atoms with E-state index in [1.165, 1.54) is 17.4 Å². The molecule has 1 heterocycles. The molecule has 0 saturated heterocycles. The molecule has 19 heavy (non-hydrogen) atoms. The third kappa shape index (κ3) is 2.92. The number of rotatable bonds is 2. The van der Waals surface area contributed by atoms with E-state index >= 15 is 0 Å². The molecule has 102 valence electrons. The van der Waals surface area contributed by atoms with Crippen LogP contribution >= 0.6 is 11.3 Å². The normalized spacial score (nSPS) is 11.7. The Balaban J connectivity index is 2.54. The Kier molecular flexibility index (Phi) is 3.58. The molecule has 0 aliphatic carbocycles. The highest BCUT2D eigenvalue weighted by molar-refractivity contribution is 7.09. The van der Waals surface area contributed by atoms with Crippen LogP contribution < -0.4 is 0 Å². The Morgan fingerprint density at radius 1 is 1.21 bits per heavy atom. The zero-order valence-electron chi connectivity index (χ0n) is 10.8. The fourth-order valence-corrected chi connectivity index (χ4v) is 2.48. The summed E-state index contributed by atoms with van der Waals surface area (Å²) in [5.74, 6) is 0.640. The fourth-order valence-electron chi connectivity index (χ4n) is 1.86. The number of thiazole rings is 1. The van der Waals surface area contributed by atoms with Crippen molar-refractivity contribution < 1.29 is 13.2 Å². The number of hydrogen-bond acceptors (Lipinski definition) is 2. The van der Waals surface area contributed by atoms with Gasteiger partial charge in [0.15, 0.2) is 0 Å². The summed E-state index contributed by atoms with van der Waals surface area (Å²) in [6.07, 6.45) is -4.33. The average molecular weight is 284 g/mol. The van der Waals surface area contributed by atoms with Gasteiger partial charge in [-0.15, -0.1) is 17.4 Å². The van der Waals surface area contributed by atoms with Crippen molar-refractivity contribution in [3.05, 3.63) is 45.6 Å². The van der Waals surface area contributed by atoms with Crippen LogP contribution in [0.5, 0.6) is 0 Å². The summed E-state index contributed by atoms with van der Waals surface area (Å²) in [6, 6.07) is 4.17. The third-order valence-electron chi connectivity index (χ3n) is 2.78. The second kappa shape index (κ2) is 4.89. The molecule has 1 aromatic carbocycles. The summed E-state index contributed by atoms with van der Waals surface area (Å²) in [5, 5.41) is 2.75. The van der Waals surface area contributed by atoms with Crippen LogP contribution in [0.15, 0.2) is 23.6 Å². The lowest BCUT2D eigenvalue weighted by molar-refractivity contribution is -0.138. The van der Waals surface area contributed by atoms with Gasteiger partial charge in [-0.3, -0.25) is 0 Å². The van der Waals surface area contributed by atoms with E-state index < -0.39 is 11.7 Å². The smallest absolute Gasteiger partial charge is 0.243 e.